The fourth-order valence-electron chi connectivity index (χ4n) is 3.11. The molecule has 142 valence electrons. The van der Waals surface area contributed by atoms with Crippen molar-refractivity contribution in [2.24, 2.45) is 0 Å². The minimum Gasteiger partial charge on any atom is -0.349 e. The Kier molecular flexibility index (Phi) is 5.60. The van der Waals surface area contributed by atoms with Gasteiger partial charge in [0.05, 0.1) is 4.90 Å². The van der Waals surface area contributed by atoms with Crippen LogP contribution in [0.4, 0.5) is 5.69 Å². The number of sulfonamides is 1. The van der Waals surface area contributed by atoms with Gasteiger partial charge >= 0.3 is 0 Å². The number of Topliss-reactive ketones (excluding diaryl/α,β-unsaturated/α-hetero) is 1. The lowest BCUT2D eigenvalue weighted by Crippen LogP contribution is -2.32. The molecule has 0 saturated heterocycles. The number of hydrogen-bond donors (Lipinski definition) is 2. The number of carbonyl (C=O) groups is 2. The molecule has 1 saturated carbocycles. The summed E-state index contributed by atoms with van der Waals surface area (Å²) >= 11 is 0. The Hall–Kier alpha value is -2.67. The number of ketones is 1. The van der Waals surface area contributed by atoms with Crippen LogP contribution in [0.1, 0.15) is 53.3 Å². The number of hydrogen-bond acceptors (Lipinski definition) is 4. The first-order valence-corrected chi connectivity index (χ1v) is 10.4. The molecular formula is C20H22N2O4S. The van der Waals surface area contributed by atoms with Gasteiger partial charge in [-0.1, -0.05) is 12.8 Å². The minimum absolute atomic E-state index is 0.0653. The molecule has 0 unspecified atom stereocenters. The van der Waals surface area contributed by atoms with Crippen molar-refractivity contribution in [3.63, 3.8) is 0 Å². The largest absolute Gasteiger partial charge is 0.349 e. The van der Waals surface area contributed by atoms with Gasteiger partial charge in [-0.3, -0.25) is 14.3 Å². The zero-order chi connectivity index (χ0) is 19.4. The summed E-state index contributed by atoms with van der Waals surface area (Å²) in [5, 5.41) is 2.98. The van der Waals surface area contributed by atoms with Crippen LogP contribution >= 0.6 is 0 Å². The van der Waals surface area contributed by atoms with Crippen LogP contribution in [0.15, 0.2) is 53.4 Å². The van der Waals surface area contributed by atoms with E-state index < -0.39 is 10.0 Å². The predicted octanol–water partition coefficient (Wildman–Crippen LogP) is 3.36. The molecular weight excluding hydrogens is 364 g/mol. The predicted molar refractivity (Wildman–Crippen MR) is 103 cm³/mol. The van der Waals surface area contributed by atoms with Crippen LogP contribution in [0, 0.1) is 0 Å². The molecule has 6 nitrogen and oxygen atoms in total. The average Bonchev–Trinajstić information content (AvgIpc) is 3.15. The van der Waals surface area contributed by atoms with Crippen molar-refractivity contribution in [3.05, 3.63) is 59.7 Å². The Balaban J connectivity index is 1.69. The summed E-state index contributed by atoms with van der Waals surface area (Å²) < 4.78 is 27.5. The van der Waals surface area contributed by atoms with E-state index in [0.29, 0.717) is 16.8 Å². The van der Waals surface area contributed by atoms with E-state index in [-0.39, 0.29) is 22.6 Å². The van der Waals surface area contributed by atoms with Gasteiger partial charge in [0.1, 0.15) is 0 Å². The lowest BCUT2D eigenvalue weighted by atomic mass is 10.1. The van der Waals surface area contributed by atoms with Gasteiger partial charge in [-0.15, -0.1) is 0 Å². The molecule has 0 heterocycles. The van der Waals surface area contributed by atoms with Crippen molar-refractivity contribution in [2.45, 2.75) is 43.5 Å². The van der Waals surface area contributed by atoms with Crippen LogP contribution in [0.2, 0.25) is 0 Å². The molecule has 2 N–H and O–H groups in total. The topological polar surface area (TPSA) is 92.3 Å². The third-order valence-corrected chi connectivity index (χ3v) is 6.06. The van der Waals surface area contributed by atoms with Crippen molar-refractivity contribution >= 4 is 27.4 Å². The highest BCUT2D eigenvalue weighted by Crippen LogP contribution is 2.20. The van der Waals surface area contributed by atoms with E-state index in [1.807, 2.05) is 0 Å². The van der Waals surface area contributed by atoms with Gasteiger partial charge in [-0.2, -0.15) is 0 Å². The van der Waals surface area contributed by atoms with E-state index in [4.69, 9.17) is 0 Å². The molecule has 1 aliphatic rings. The van der Waals surface area contributed by atoms with Crippen LogP contribution in [0.3, 0.4) is 0 Å². The molecule has 2 aromatic rings. The second kappa shape index (κ2) is 7.92. The van der Waals surface area contributed by atoms with Gasteiger partial charge in [0.2, 0.25) is 0 Å². The van der Waals surface area contributed by atoms with Crippen molar-refractivity contribution in [3.8, 4) is 0 Å². The quantitative estimate of drug-likeness (QED) is 0.745. The summed E-state index contributed by atoms with van der Waals surface area (Å²) in [4.78, 5) is 23.6. The number of benzene rings is 2. The molecule has 1 amide bonds. The van der Waals surface area contributed by atoms with Crippen molar-refractivity contribution in [1.82, 2.24) is 5.32 Å². The lowest BCUT2D eigenvalue weighted by Gasteiger charge is -2.12. The number of rotatable bonds is 6. The molecule has 1 aliphatic carbocycles. The van der Waals surface area contributed by atoms with Gasteiger partial charge in [0.15, 0.2) is 5.78 Å². The van der Waals surface area contributed by atoms with E-state index in [2.05, 4.69) is 10.0 Å². The van der Waals surface area contributed by atoms with E-state index in [1.165, 1.54) is 43.3 Å². The number of amides is 1. The van der Waals surface area contributed by atoms with Crippen LogP contribution in [0.5, 0.6) is 0 Å². The Bertz CT molecular complexity index is 929. The van der Waals surface area contributed by atoms with Crippen molar-refractivity contribution in [2.75, 3.05) is 4.72 Å². The Morgan fingerprint density at radius 3 is 2.00 bits per heavy atom. The average molecular weight is 386 g/mol. The Labute approximate surface area is 159 Å². The lowest BCUT2D eigenvalue weighted by molar-refractivity contribution is 0.0937. The standard InChI is InChI=1S/C20H22N2O4S/c1-14(23)15-6-10-18(11-7-15)22-27(25,26)19-12-8-16(9-13-19)20(24)21-17-4-2-3-5-17/h6-13,17,22H,2-5H2,1H3,(H,21,24). The third kappa shape index (κ3) is 4.74. The van der Waals surface area contributed by atoms with Crippen LogP contribution < -0.4 is 10.0 Å². The fraction of sp³-hybridized carbons (Fsp3) is 0.300. The molecule has 3 rings (SSSR count). The smallest absolute Gasteiger partial charge is 0.261 e. The van der Waals surface area contributed by atoms with Gasteiger partial charge in [0, 0.05) is 22.9 Å². The third-order valence-electron chi connectivity index (χ3n) is 4.66. The molecule has 27 heavy (non-hydrogen) atoms. The normalized spacial score (nSPS) is 14.7. The zero-order valence-corrected chi connectivity index (χ0v) is 15.9. The first-order chi connectivity index (χ1) is 12.8. The van der Waals surface area contributed by atoms with Gasteiger partial charge in [0.25, 0.3) is 15.9 Å². The zero-order valence-electron chi connectivity index (χ0n) is 15.1. The van der Waals surface area contributed by atoms with E-state index in [1.54, 1.807) is 12.1 Å². The Morgan fingerprint density at radius 1 is 0.889 bits per heavy atom. The maximum Gasteiger partial charge on any atom is 0.261 e. The minimum atomic E-state index is -3.78. The summed E-state index contributed by atoms with van der Waals surface area (Å²) in [5.74, 6) is -0.269. The van der Waals surface area contributed by atoms with Gasteiger partial charge < -0.3 is 5.32 Å². The summed E-state index contributed by atoms with van der Waals surface area (Å²) in [6.07, 6.45) is 4.23. The highest BCUT2D eigenvalue weighted by Gasteiger charge is 2.19. The van der Waals surface area contributed by atoms with E-state index >= 15 is 0 Å². The highest BCUT2D eigenvalue weighted by molar-refractivity contribution is 7.92. The van der Waals surface area contributed by atoms with Crippen LogP contribution in [0.25, 0.3) is 0 Å². The second-order valence-electron chi connectivity index (χ2n) is 6.72. The maximum atomic E-state index is 12.5. The molecule has 0 atom stereocenters. The summed E-state index contributed by atoms with van der Waals surface area (Å²) in [6, 6.07) is 12.3. The Morgan fingerprint density at radius 2 is 1.44 bits per heavy atom. The van der Waals surface area contributed by atoms with E-state index in [9.17, 15) is 18.0 Å². The van der Waals surface area contributed by atoms with Gasteiger partial charge in [-0.25, -0.2) is 8.42 Å². The first-order valence-electron chi connectivity index (χ1n) is 8.90. The summed E-state index contributed by atoms with van der Waals surface area (Å²) in [7, 11) is -3.78. The van der Waals surface area contributed by atoms with Gasteiger partial charge in [-0.05, 0) is 68.3 Å². The second-order valence-corrected chi connectivity index (χ2v) is 8.40. The molecule has 0 aliphatic heterocycles. The van der Waals surface area contributed by atoms with Crippen molar-refractivity contribution < 1.29 is 18.0 Å². The first kappa shape index (κ1) is 19.1. The van der Waals surface area contributed by atoms with Crippen molar-refractivity contribution in [1.29, 1.82) is 0 Å². The number of carbonyl (C=O) groups excluding carboxylic acids is 2. The molecule has 7 heteroatoms. The highest BCUT2D eigenvalue weighted by atomic mass is 32.2. The molecule has 0 spiro atoms. The molecule has 0 aromatic heterocycles. The van der Waals surface area contributed by atoms with Crippen LogP contribution in [-0.4, -0.2) is 26.2 Å². The number of nitrogens with one attached hydrogen (secondary N) is 2. The SMILES string of the molecule is CC(=O)c1ccc(NS(=O)(=O)c2ccc(C(=O)NC3CCCC3)cc2)cc1. The molecule has 0 radical (unpaired) electrons. The number of anilines is 1. The molecule has 2 aromatic carbocycles. The fourth-order valence-corrected chi connectivity index (χ4v) is 4.17. The maximum absolute atomic E-state index is 12.5. The monoisotopic (exact) mass is 386 g/mol. The summed E-state index contributed by atoms with van der Waals surface area (Å²) in [5.41, 5.74) is 1.31. The molecule has 1 fully saturated rings. The van der Waals surface area contributed by atoms with Crippen LogP contribution in [-0.2, 0) is 10.0 Å². The summed E-state index contributed by atoms with van der Waals surface area (Å²) in [6.45, 7) is 1.45. The molecule has 0 bridgehead atoms. The van der Waals surface area contributed by atoms with E-state index in [0.717, 1.165) is 25.7 Å².